The fourth-order valence-corrected chi connectivity index (χ4v) is 2.78. The van der Waals surface area contributed by atoms with Crippen LogP contribution >= 0.6 is 11.3 Å². The third kappa shape index (κ3) is 2.64. The average molecular weight is 269 g/mol. The topological polar surface area (TPSA) is 65.5 Å². The molecule has 1 amide bonds. The second-order valence-corrected chi connectivity index (χ2v) is 6.04. The van der Waals surface area contributed by atoms with Crippen LogP contribution in [-0.2, 0) is 0 Å². The minimum absolute atomic E-state index is 0.140. The molecular formula is C12H19N3O2S. The monoisotopic (exact) mass is 269 g/mol. The molecule has 0 spiro atoms. The second-order valence-electron chi connectivity index (χ2n) is 5.07. The van der Waals surface area contributed by atoms with Crippen LogP contribution in [0.3, 0.4) is 0 Å². The Morgan fingerprint density at radius 3 is 2.67 bits per heavy atom. The van der Waals surface area contributed by atoms with Crippen LogP contribution in [0, 0.1) is 6.92 Å². The maximum Gasteiger partial charge on any atom is 0.263 e. The van der Waals surface area contributed by atoms with E-state index >= 15 is 0 Å². The molecule has 0 bridgehead atoms. The van der Waals surface area contributed by atoms with Crippen LogP contribution in [0.15, 0.2) is 0 Å². The molecule has 1 heterocycles. The van der Waals surface area contributed by atoms with Crippen molar-refractivity contribution in [3.05, 3.63) is 10.6 Å². The first-order valence-corrected chi connectivity index (χ1v) is 6.88. The highest BCUT2D eigenvalue weighted by molar-refractivity contribution is 7.17. The summed E-state index contributed by atoms with van der Waals surface area (Å²) in [6.45, 7) is 2.16. The van der Waals surface area contributed by atoms with Crippen molar-refractivity contribution in [2.24, 2.45) is 0 Å². The molecular weight excluding hydrogens is 250 g/mol. The van der Waals surface area contributed by atoms with Crippen LogP contribution in [0.4, 0.5) is 5.13 Å². The van der Waals surface area contributed by atoms with Crippen LogP contribution in [0.1, 0.15) is 34.6 Å². The van der Waals surface area contributed by atoms with Crippen molar-refractivity contribution in [1.82, 2.24) is 10.3 Å². The molecule has 1 fully saturated rings. The van der Waals surface area contributed by atoms with Gasteiger partial charge in [-0.1, -0.05) is 11.3 Å². The Bertz CT molecular complexity index is 452. The summed E-state index contributed by atoms with van der Waals surface area (Å²) in [5.41, 5.74) is 0.0559. The lowest BCUT2D eigenvalue weighted by Gasteiger charge is -2.36. The zero-order valence-electron chi connectivity index (χ0n) is 11.0. The molecule has 0 radical (unpaired) electrons. The number of nitrogens with zero attached hydrogens (tertiary/aromatic N) is 2. The molecule has 0 aromatic carbocycles. The molecule has 0 aliphatic heterocycles. The predicted molar refractivity (Wildman–Crippen MR) is 72.3 cm³/mol. The summed E-state index contributed by atoms with van der Waals surface area (Å²) in [5.74, 6) is -0.140. The number of carbonyl (C=O) groups is 1. The average Bonchev–Trinajstić information content (AvgIpc) is 2.66. The Hall–Kier alpha value is -1.14. The van der Waals surface area contributed by atoms with Crippen molar-refractivity contribution in [2.45, 2.75) is 31.8 Å². The molecule has 100 valence electrons. The molecule has 0 saturated heterocycles. The number of aliphatic hydroxyl groups is 1. The van der Waals surface area contributed by atoms with E-state index in [1.165, 1.54) is 11.3 Å². The lowest BCUT2D eigenvalue weighted by molar-refractivity contribution is -0.0300. The van der Waals surface area contributed by atoms with Crippen LogP contribution in [0.2, 0.25) is 0 Å². The molecule has 5 nitrogen and oxygen atoms in total. The third-order valence-electron chi connectivity index (χ3n) is 3.24. The minimum atomic E-state index is -0.682. The zero-order valence-corrected chi connectivity index (χ0v) is 11.8. The van der Waals surface area contributed by atoms with Gasteiger partial charge in [0.25, 0.3) is 5.91 Å². The number of anilines is 1. The fraction of sp³-hybridized carbons (Fsp3) is 0.667. The molecule has 1 saturated carbocycles. The first-order valence-electron chi connectivity index (χ1n) is 6.07. The van der Waals surface area contributed by atoms with Crippen molar-refractivity contribution in [3.8, 4) is 0 Å². The van der Waals surface area contributed by atoms with E-state index in [2.05, 4.69) is 10.3 Å². The van der Waals surface area contributed by atoms with Gasteiger partial charge in [0.1, 0.15) is 4.88 Å². The predicted octanol–water partition coefficient (Wildman–Crippen LogP) is 1.16. The lowest BCUT2D eigenvalue weighted by Crippen LogP contribution is -2.47. The molecule has 1 aliphatic rings. The first kappa shape index (κ1) is 13.3. The molecule has 1 aromatic rings. The van der Waals surface area contributed by atoms with E-state index in [0.29, 0.717) is 11.4 Å². The van der Waals surface area contributed by atoms with Gasteiger partial charge in [0.15, 0.2) is 5.13 Å². The van der Waals surface area contributed by atoms with Gasteiger partial charge in [-0.2, -0.15) is 0 Å². The summed E-state index contributed by atoms with van der Waals surface area (Å²) in [4.78, 5) is 18.9. The molecule has 18 heavy (non-hydrogen) atoms. The number of aromatic nitrogens is 1. The van der Waals surface area contributed by atoms with Crippen molar-refractivity contribution < 1.29 is 9.90 Å². The number of thiazole rings is 1. The Morgan fingerprint density at radius 2 is 2.22 bits per heavy atom. The van der Waals surface area contributed by atoms with Gasteiger partial charge in [-0.3, -0.25) is 4.79 Å². The van der Waals surface area contributed by atoms with E-state index in [9.17, 15) is 9.90 Å². The molecule has 2 N–H and O–H groups in total. The molecule has 1 aliphatic carbocycles. The van der Waals surface area contributed by atoms with Gasteiger partial charge in [-0.05, 0) is 26.2 Å². The zero-order chi connectivity index (χ0) is 13.3. The minimum Gasteiger partial charge on any atom is -0.388 e. The number of nitrogens with one attached hydrogen (secondary N) is 1. The van der Waals surface area contributed by atoms with Gasteiger partial charge in [-0.15, -0.1) is 0 Å². The van der Waals surface area contributed by atoms with E-state index in [1.54, 1.807) is 0 Å². The van der Waals surface area contributed by atoms with Gasteiger partial charge in [0.05, 0.1) is 11.3 Å². The third-order valence-corrected chi connectivity index (χ3v) is 4.56. The molecule has 2 rings (SSSR count). The van der Waals surface area contributed by atoms with E-state index in [-0.39, 0.29) is 5.91 Å². The largest absolute Gasteiger partial charge is 0.388 e. The van der Waals surface area contributed by atoms with Gasteiger partial charge in [-0.25, -0.2) is 4.98 Å². The molecule has 0 unspecified atom stereocenters. The Balaban J connectivity index is 2.00. The summed E-state index contributed by atoms with van der Waals surface area (Å²) in [6, 6.07) is 0. The number of aryl methyl sites for hydroxylation is 1. The van der Waals surface area contributed by atoms with Gasteiger partial charge >= 0.3 is 0 Å². The van der Waals surface area contributed by atoms with Gasteiger partial charge in [0.2, 0.25) is 0 Å². The second kappa shape index (κ2) is 4.85. The SMILES string of the molecule is Cc1nc(N(C)C)sc1C(=O)NCC1(O)CCC1. The van der Waals surface area contributed by atoms with Crippen molar-refractivity contribution in [2.75, 3.05) is 25.5 Å². The van der Waals surface area contributed by atoms with E-state index in [4.69, 9.17) is 0 Å². The standard InChI is InChI=1S/C12H19N3O2S/c1-8-9(18-11(14-8)15(2)3)10(16)13-7-12(17)5-4-6-12/h17H,4-7H2,1-3H3,(H,13,16). The summed E-state index contributed by atoms with van der Waals surface area (Å²) in [6.07, 6.45) is 2.59. The highest BCUT2D eigenvalue weighted by Crippen LogP contribution is 2.31. The van der Waals surface area contributed by atoms with Gasteiger partial charge < -0.3 is 15.3 Å². The highest BCUT2D eigenvalue weighted by Gasteiger charge is 2.34. The number of hydrogen-bond donors (Lipinski definition) is 2. The van der Waals surface area contributed by atoms with Crippen LogP contribution in [-0.4, -0.2) is 42.2 Å². The maximum absolute atomic E-state index is 12.0. The number of carbonyl (C=O) groups excluding carboxylic acids is 1. The Morgan fingerprint density at radius 1 is 1.56 bits per heavy atom. The number of amides is 1. The van der Waals surface area contributed by atoms with Crippen molar-refractivity contribution >= 4 is 22.4 Å². The number of rotatable bonds is 4. The van der Waals surface area contributed by atoms with E-state index in [1.807, 2.05) is 25.9 Å². The van der Waals surface area contributed by atoms with Crippen LogP contribution < -0.4 is 10.2 Å². The van der Waals surface area contributed by atoms with E-state index < -0.39 is 5.60 Å². The Kier molecular flexibility index (Phi) is 3.59. The summed E-state index contributed by atoms with van der Waals surface area (Å²) in [5, 5.41) is 13.6. The summed E-state index contributed by atoms with van der Waals surface area (Å²) >= 11 is 1.37. The molecule has 0 atom stereocenters. The Labute approximate surface area is 111 Å². The smallest absolute Gasteiger partial charge is 0.263 e. The first-order chi connectivity index (χ1) is 8.41. The van der Waals surface area contributed by atoms with Crippen LogP contribution in [0.5, 0.6) is 0 Å². The maximum atomic E-state index is 12.0. The number of hydrogen-bond acceptors (Lipinski definition) is 5. The summed E-state index contributed by atoms with van der Waals surface area (Å²) < 4.78 is 0. The highest BCUT2D eigenvalue weighted by atomic mass is 32.1. The quantitative estimate of drug-likeness (QED) is 0.861. The van der Waals surface area contributed by atoms with Crippen LogP contribution in [0.25, 0.3) is 0 Å². The fourth-order valence-electron chi connectivity index (χ4n) is 1.87. The summed E-state index contributed by atoms with van der Waals surface area (Å²) in [7, 11) is 3.80. The van der Waals surface area contributed by atoms with Gasteiger partial charge in [0, 0.05) is 20.6 Å². The van der Waals surface area contributed by atoms with Crippen molar-refractivity contribution in [1.29, 1.82) is 0 Å². The lowest BCUT2D eigenvalue weighted by atomic mass is 9.80. The van der Waals surface area contributed by atoms with Crippen molar-refractivity contribution in [3.63, 3.8) is 0 Å². The molecule has 1 aromatic heterocycles. The normalized spacial score (nSPS) is 17.1. The molecule has 6 heteroatoms. The van der Waals surface area contributed by atoms with E-state index in [0.717, 1.165) is 30.1 Å².